The molecule has 1 saturated carbocycles. The Morgan fingerprint density at radius 3 is 2.30 bits per heavy atom. The maximum Gasteiger partial charge on any atom is 0.343 e. The zero-order valence-electron chi connectivity index (χ0n) is 23.4. The van der Waals surface area contributed by atoms with Gasteiger partial charge in [0.15, 0.2) is 5.78 Å². The molecule has 5 rings (SSSR count). The molecule has 3 aromatic rings. The molecule has 1 heterocycles. The second kappa shape index (κ2) is 12.6. The predicted octanol–water partition coefficient (Wildman–Crippen LogP) is 5.88. The molecular formula is C32H28Cl2N2O7. The highest BCUT2D eigenvalue weighted by Gasteiger charge is 2.53. The van der Waals surface area contributed by atoms with Crippen LogP contribution in [-0.2, 0) is 9.59 Å². The Hall–Kier alpha value is -4.21. The zero-order valence-corrected chi connectivity index (χ0v) is 24.9. The summed E-state index contributed by atoms with van der Waals surface area (Å²) >= 11 is 12.3. The number of esters is 1. The van der Waals surface area contributed by atoms with Crippen LogP contribution in [0.3, 0.4) is 0 Å². The summed E-state index contributed by atoms with van der Waals surface area (Å²) in [7, 11) is 1.49. The van der Waals surface area contributed by atoms with Gasteiger partial charge in [-0.3, -0.25) is 19.2 Å². The van der Waals surface area contributed by atoms with Crippen LogP contribution < -0.4 is 9.47 Å². The van der Waals surface area contributed by atoms with Gasteiger partial charge in [0.1, 0.15) is 18.0 Å². The molecule has 3 amide bonds. The molecule has 0 unspecified atom stereocenters. The second-order valence-corrected chi connectivity index (χ2v) is 11.5. The fourth-order valence-electron chi connectivity index (χ4n) is 5.50. The lowest BCUT2D eigenvalue weighted by molar-refractivity contribution is -0.154. The molecule has 1 saturated heterocycles. The van der Waals surface area contributed by atoms with Gasteiger partial charge in [0.25, 0.3) is 17.7 Å². The standard InChI is InChI=1S/C32H28Cl2N2O7/c1-18-6-12-24-26(14-18)31(40)36(30(24)39)35(29(38)25-13-9-21(33)16-27(25)34)17-28(37)19-7-10-22(11-8-19)43-32(41)20-4-3-5-23(15-20)42-2/h3-5,7-11,13,15-16,18,24,26H,6,12,14,17H2,1-2H3/t18-,24-,26-/m1/s1. The van der Waals surface area contributed by atoms with E-state index in [1.807, 2.05) is 6.92 Å². The third-order valence-electron chi connectivity index (χ3n) is 7.79. The minimum absolute atomic E-state index is 0.0116. The van der Waals surface area contributed by atoms with E-state index >= 15 is 0 Å². The average molecular weight is 623 g/mol. The number of hydrogen-bond acceptors (Lipinski definition) is 7. The summed E-state index contributed by atoms with van der Waals surface area (Å²) in [6.45, 7) is 1.42. The number of Topliss-reactive ketones (excluding diaryl/α,β-unsaturated/α-hetero) is 1. The van der Waals surface area contributed by atoms with Crippen LogP contribution in [0.25, 0.3) is 0 Å². The smallest absolute Gasteiger partial charge is 0.343 e. The van der Waals surface area contributed by atoms with E-state index in [0.29, 0.717) is 23.6 Å². The fraction of sp³-hybridized carbons (Fsp3) is 0.281. The molecular weight excluding hydrogens is 595 g/mol. The van der Waals surface area contributed by atoms with Crippen molar-refractivity contribution in [3.8, 4) is 11.5 Å². The van der Waals surface area contributed by atoms with Crippen LogP contribution in [0.1, 0.15) is 57.3 Å². The maximum atomic E-state index is 13.8. The molecule has 0 bridgehead atoms. The van der Waals surface area contributed by atoms with Crippen molar-refractivity contribution < 1.29 is 33.4 Å². The topological polar surface area (TPSA) is 110 Å². The van der Waals surface area contributed by atoms with E-state index < -0.39 is 47.9 Å². The molecule has 3 aromatic carbocycles. The Labute approximate surface area is 258 Å². The molecule has 1 aliphatic carbocycles. The molecule has 43 heavy (non-hydrogen) atoms. The van der Waals surface area contributed by atoms with E-state index in [4.69, 9.17) is 32.7 Å². The largest absolute Gasteiger partial charge is 0.497 e. The normalized spacial score (nSPS) is 19.5. The van der Waals surface area contributed by atoms with Crippen molar-refractivity contribution in [3.63, 3.8) is 0 Å². The van der Waals surface area contributed by atoms with Gasteiger partial charge in [0.05, 0.1) is 35.1 Å². The summed E-state index contributed by atoms with van der Waals surface area (Å²) < 4.78 is 10.5. The lowest BCUT2D eigenvalue weighted by Gasteiger charge is -2.30. The van der Waals surface area contributed by atoms with Crippen LogP contribution in [0.2, 0.25) is 10.0 Å². The van der Waals surface area contributed by atoms with Crippen molar-refractivity contribution >= 4 is 52.7 Å². The monoisotopic (exact) mass is 622 g/mol. The number of ether oxygens (including phenoxy) is 2. The third kappa shape index (κ3) is 6.28. The van der Waals surface area contributed by atoms with Crippen molar-refractivity contribution in [1.29, 1.82) is 0 Å². The molecule has 0 N–H and O–H groups in total. The van der Waals surface area contributed by atoms with Gasteiger partial charge in [0.2, 0.25) is 0 Å². The minimum atomic E-state index is -0.785. The number of benzene rings is 3. The van der Waals surface area contributed by atoms with Crippen molar-refractivity contribution in [2.45, 2.75) is 26.2 Å². The number of hydrogen-bond donors (Lipinski definition) is 0. The van der Waals surface area contributed by atoms with E-state index in [-0.39, 0.29) is 33.4 Å². The molecule has 0 spiro atoms. The molecule has 222 valence electrons. The molecule has 2 fully saturated rings. The number of hydrazine groups is 1. The summed E-state index contributed by atoms with van der Waals surface area (Å²) in [6.07, 6.45) is 1.85. The third-order valence-corrected chi connectivity index (χ3v) is 8.34. The van der Waals surface area contributed by atoms with Crippen LogP contribution in [0, 0.1) is 17.8 Å². The zero-order chi connectivity index (χ0) is 30.8. The van der Waals surface area contributed by atoms with Crippen LogP contribution in [-0.4, -0.2) is 53.1 Å². The molecule has 1 aliphatic heterocycles. The lowest BCUT2D eigenvalue weighted by atomic mass is 9.76. The SMILES string of the molecule is COc1cccc(C(=O)Oc2ccc(C(=O)CN(C(=O)c3ccc(Cl)cc3Cl)N3C(=O)[C@@H]4CC[C@@H](C)C[C@H]4C3=O)cc2)c1. The lowest BCUT2D eigenvalue weighted by Crippen LogP contribution is -2.52. The number of nitrogens with zero attached hydrogens (tertiary/aromatic N) is 2. The van der Waals surface area contributed by atoms with E-state index in [2.05, 4.69) is 0 Å². The summed E-state index contributed by atoms with van der Waals surface area (Å²) in [4.78, 5) is 66.8. The first-order valence-corrected chi connectivity index (χ1v) is 14.5. The van der Waals surface area contributed by atoms with Crippen molar-refractivity contribution in [1.82, 2.24) is 10.0 Å². The first-order chi connectivity index (χ1) is 20.6. The number of carbonyl (C=O) groups excluding carboxylic acids is 5. The Morgan fingerprint density at radius 1 is 0.884 bits per heavy atom. The highest BCUT2D eigenvalue weighted by molar-refractivity contribution is 6.36. The highest BCUT2D eigenvalue weighted by atomic mass is 35.5. The second-order valence-electron chi connectivity index (χ2n) is 10.7. The van der Waals surface area contributed by atoms with E-state index in [1.165, 1.54) is 55.6 Å². The Balaban J connectivity index is 1.38. The van der Waals surface area contributed by atoms with E-state index in [0.717, 1.165) is 16.4 Å². The molecule has 0 radical (unpaired) electrons. The van der Waals surface area contributed by atoms with Crippen molar-refractivity contribution in [3.05, 3.63) is 93.5 Å². The summed E-state index contributed by atoms with van der Waals surface area (Å²) in [5.41, 5.74) is 0.443. The van der Waals surface area contributed by atoms with Crippen LogP contribution in [0.5, 0.6) is 11.5 Å². The highest BCUT2D eigenvalue weighted by Crippen LogP contribution is 2.41. The van der Waals surface area contributed by atoms with Gasteiger partial charge < -0.3 is 9.47 Å². The number of amides is 3. The number of rotatable bonds is 8. The maximum absolute atomic E-state index is 13.8. The number of ketones is 1. The number of carbonyl (C=O) groups is 5. The minimum Gasteiger partial charge on any atom is -0.497 e. The van der Waals surface area contributed by atoms with Gasteiger partial charge >= 0.3 is 5.97 Å². The number of methoxy groups -OCH3 is 1. The molecule has 3 atom stereocenters. The Bertz CT molecular complexity index is 1610. The van der Waals surface area contributed by atoms with Gasteiger partial charge in [-0.1, -0.05) is 36.2 Å². The number of imide groups is 1. The number of halogens is 2. The summed E-state index contributed by atoms with van der Waals surface area (Å²) in [5, 5.41) is 2.01. The molecule has 2 aliphatic rings. The van der Waals surface area contributed by atoms with Gasteiger partial charge in [0, 0.05) is 10.6 Å². The molecule has 9 nitrogen and oxygen atoms in total. The fourth-order valence-corrected chi connectivity index (χ4v) is 5.99. The predicted molar refractivity (Wildman–Crippen MR) is 158 cm³/mol. The van der Waals surface area contributed by atoms with Crippen LogP contribution >= 0.6 is 23.2 Å². The van der Waals surface area contributed by atoms with Crippen LogP contribution in [0.4, 0.5) is 0 Å². The van der Waals surface area contributed by atoms with Crippen molar-refractivity contribution in [2.24, 2.45) is 17.8 Å². The average Bonchev–Trinajstić information content (AvgIpc) is 3.24. The van der Waals surface area contributed by atoms with Crippen molar-refractivity contribution in [2.75, 3.05) is 13.7 Å². The number of fused-ring (bicyclic) bond motifs is 1. The van der Waals surface area contributed by atoms with Crippen LogP contribution in [0.15, 0.2) is 66.7 Å². The van der Waals surface area contributed by atoms with E-state index in [9.17, 15) is 24.0 Å². The summed E-state index contributed by atoms with van der Waals surface area (Å²) in [5.74, 6) is -3.12. The summed E-state index contributed by atoms with van der Waals surface area (Å²) in [6, 6.07) is 16.4. The van der Waals surface area contributed by atoms with Gasteiger partial charge in [-0.25, -0.2) is 9.80 Å². The Kier molecular flexibility index (Phi) is 8.84. The van der Waals surface area contributed by atoms with Gasteiger partial charge in [-0.15, -0.1) is 0 Å². The first-order valence-electron chi connectivity index (χ1n) is 13.7. The van der Waals surface area contributed by atoms with Gasteiger partial charge in [-0.2, -0.15) is 5.01 Å². The quantitative estimate of drug-likeness (QED) is 0.133. The van der Waals surface area contributed by atoms with Gasteiger partial charge in [-0.05, 0) is 85.8 Å². The van der Waals surface area contributed by atoms with E-state index in [1.54, 1.807) is 18.2 Å². The first kappa shape index (κ1) is 30.3. The molecule has 0 aromatic heterocycles. The Morgan fingerprint density at radius 2 is 1.60 bits per heavy atom. The molecule has 11 heteroatoms.